The zero-order valence-corrected chi connectivity index (χ0v) is 10.9. The Bertz CT molecular complexity index is 420. The minimum absolute atomic E-state index is 0.157. The van der Waals surface area contributed by atoms with E-state index >= 15 is 0 Å². The highest BCUT2D eigenvalue weighted by molar-refractivity contribution is 9.10. The van der Waals surface area contributed by atoms with E-state index in [9.17, 15) is 9.18 Å². The Morgan fingerprint density at radius 2 is 2.24 bits per heavy atom. The Labute approximate surface area is 107 Å². The van der Waals surface area contributed by atoms with Gasteiger partial charge in [0.05, 0.1) is 23.8 Å². The average Bonchev–Trinajstić information content (AvgIpc) is 3.10. The maximum absolute atomic E-state index is 13.7. The van der Waals surface area contributed by atoms with Crippen molar-refractivity contribution >= 4 is 21.9 Å². The molecule has 1 aromatic carbocycles. The van der Waals surface area contributed by atoms with Gasteiger partial charge in [0.25, 0.3) is 0 Å². The molecule has 2 rings (SSSR count). The van der Waals surface area contributed by atoms with E-state index in [1.807, 2.05) is 0 Å². The molecular formula is C12H12BrFO3. The van der Waals surface area contributed by atoms with Crippen molar-refractivity contribution in [2.24, 2.45) is 5.92 Å². The third-order valence-electron chi connectivity index (χ3n) is 2.58. The van der Waals surface area contributed by atoms with E-state index in [1.54, 1.807) is 0 Å². The molecule has 1 fully saturated rings. The van der Waals surface area contributed by atoms with E-state index in [1.165, 1.54) is 13.2 Å². The van der Waals surface area contributed by atoms with Gasteiger partial charge in [0.2, 0.25) is 0 Å². The normalized spacial score (nSPS) is 14.5. The summed E-state index contributed by atoms with van der Waals surface area (Å²) < 4.78 is 24.1. The van der Waals surface area contributed by atoms with Gasteiger partial charge in [-0.1, -0.05) is 0 Å². The Morgan fingerprint density at radius 3 is 2.76 bits per heavy atom. The van der Waals surface area contributed by atoms with Crippen LogP contribution in [0.15, 0.2) is 16.6 Å². The largest absolute Gasteiger partial charge is 0.489 e. The lowest BCUT2D eigenvalue weighted by Gasteiger charge is -2.10. The van der Waals surface area contributed by atoms with Gasteiger partial charge in [0, 0.05) is 0 Å². The quantitative estimate of drug-likeness (QED) is 0.802. The van der Waals surface area contributed by atoms with Gasteiger partial charge >= 0.3 is 5.97 Å². The first-order chi connectivity index (χ1) is 8.11. The summed E-state index contributed by atoms with van der Waals surface area (Å²) in [6, 6.07) is 2.62. The smallest absolute Gasteiger partial charge is 0.337 e. The van der Waals surface area contributed by atoms with Crippen molar-refractivity contribution in [3.8, 4) is 5.75 Å². The molecule has 17 heavy (non-hydrogen) atoms. The van der Waals surface area contributed by atoms with Gasteiger partial charge in [-0.3, -0.25) is 0 Å². The number of ether oxygens (including phenoxy) is 2. The molecule has 0 unspecified atom stereocenters. The Hall–Kier alpha value is -1.10. The number of carbonyl (C=O) groups excluding carboxylic acids is 1. The zero-order valence-electron chi connectivity index (χ0n) is 9.33. The molecular weight excluding hydrogens is 291 g/mol. The van der Waals surface area contributed by atoms with Crippen LogP contribution in [0.3, 0.4) is 0 Å². The van der Waals surface area contributed by atoms with E-state index in [2.05, 4.69) is 20.7 Å². The van der Waals surface area contributed by atoms with Gasteiger partial charge in [-0.2, -0.15) is 0 Å². The zero-order chi connectivity index (χ0) is 12.4. The topological polar surface area (TPSA) is 35.5 Å². The second kappa shape index (κ2) is 5.04. The molecule has 1 aromatic rings. The molecule has 0 spiro atoms. The summed E-state index contributed by atoms with van der Waals surface area (Å²) in [7, 11) is 1.26. The number of rotatable bonds is 4. The highest BCUT2D eigenvalue weighted by Crippen LogP contribution is 2.34. The molecule has 92 valence electrons. The summed E-state index contributed by atoms with van der Waals surface area (Å²) in [6.45, 7) is 0.521. The minimum atomic E-state index is -0.571. The number of esters is 1. The van der Waals surface area contributed by atoms with Crippen LogP contribution in [0.4, 0.5) is 4.39 Å². The Morgan fingerprint density at radius 1 is 1.53 bits per heavy atom. The third-order valence-corrected chi connectivity index (χ3v) is 3.17. The number of methoxy groups -OCH3 is 1. The number of halogens is 2. The maximum atomic E-state index is 13.7. The van der Waals surface area contributed by atoms with Crippen LogP contribution in [-0.4, -0.2) is 19.7 Å². The summed E-state index contributed by atoms with van der Waals surface area (Å²) in [5.74, 6) is -0.426. The molecule has 0 saturated heterocycles. The molecule has 0 atom stereocenters. The predicted octanol–water partition coefficient (Wildman–Crippen LogP) is 3.16. The van der Waals surface area contributed by atoms with Crippen LogP contribution in [0.2, 0.25) is 0 Å². The minimum Gasteiger partial charge on any atom is -0.489 e. The molecule has 0 aromatic heterocycles. The number of hydrogen-bond acceptors (Lipinski definition) is 3. The first-order valence-corrected chi connectivity index (χ1v) is 6.11. The number of benzene rings is 1. The van der Waals surface area contributed by atoms with Crippen LogP contribution < -0.4 is 4.74 Å². The Balaban J connectivity index is 2.18. The number of hydrogen-bond donors (Lipinski definition) is 0. The van der Waals surface area contributed by atoms with Gasteiger partial charge in [-0.25, -0.2) is 9.18 Å². The number of carbonyl (C=O) groups is 1. The molecule has 0 N–H and O–H groups in total. The van der Waals surface area contributed by atoms with Crippen LogP contribution in [-0.2, 0) is 4.74 Å². The van der Waals surface area contributed by atoms with Crippen LogP contribution >= 0.6 is 15.9 Å². The van der Waals surface area contributed by atoms with Crippen molar-refractivity contribution in [2.75, 3.05) is 13.7 Å². The lowest BCUT2D eigenvalue weighted by atomic mass is 10.2. The SMILES string of the molecule is COC(=O)c1cc(F)c(OCC2CC2)c(Br)c1. The first kappa shape index (κ1) is 12.4. The summed E-state index contributed by atoms with van der Waals surface area (Å²) >= 11 is 3.19. The molecule has 1 aliphatic carbocycles. The summed E-state index contributed by atoms with van der Waals surface area (Å²) in [6.07, 6.45) is 2.28. The van der Waals surface area contributed by atoms with Gasteiger partial charge < -0.3 is 9.47 Å². The Kier molecular flexibility index (Phi) is 3.66. The van der Waals surface area contributed by atoms with Gasteiger partial charge in [-0.15, -0.1) is 0 Å². The van der Waals surface area contributed by atoms with Crippen molar-refractivity contribution in [2.45, 2.75) is 12.8 Å². The summed E-state index contributed by atoms with van der Waals surface area (Å²) in [4.78, 5) is 11.3. The maximum Gasteiger partial charge on any atom is 0.337 e. The predicted molar refractivity (Wildman–Crippen MR) is 63.7 cm³/mol. The van der Waals surface area contributed by atoms with E-state index in [0.29, 0.717) is 17.0 Å². The van der Waals surface area contributed by atoms with Crippen molar-refractivity contribution in [3.63, 3.8) is 0 Å². The molecule has 0 heterocycles. The van der Waals surface area contributed by atoms with Crippen molar-refractivity contribution in [1.82, 2.24) is 0 Å². The first-order valence-electron chi connectivity index (χ1n) is 5.32. The molecule has 0 aliphatic heterocycles. The van der Waals surface area contributed by atoms with Crippen LogP contribution in [0, 0.1) is 11.7 Å². The fourth-order valence-corrected chi connectivity index (χ4v) is 1.97. The fourth-order valence-electron chi connectivity index (χ4n) is 1.42. The molecule has 0 bridgehead atoms. The van der Waals surface area contributed by atoms with E-state index in [-0.39, 0.29) is 11.3 Å². The average molecular weight is 303 g/mol. The second-order valence-corrected chi connectivity index (χ2v) is 4.87. The molecule has 0 amide bonds. The fraction of sp³-hybridized carbons (Fsp3) is 0.417. The van der Waals surface area contributed by atoms with E-state index < -0.39 is 11.8 Å². The summed E-state index contributed by atoms with van der Waals surface area (Å²) in [5, 5.41) is 0. The standard InChI is InChI=1S/C12H12BrFO3/c1-16-12(15)8-4-9(13)11(10(14)5-8)17-6-7-2-3-7/h4-5,7H,2-3,6H2,1H3. The summed E-state index contributed by atoms with van der Waals surface area (Å²) in [5.41, 5.74) is 0.163. The molecule has 5 heteroatoms. The molecule has 0 radical (unpaired) electrons. The van der Waals surface area contributed by atoms with Crippen molar-refractivity contribution < 1.29 is 18.7 Å². The van der Waals surface area contributed by atoms with Gasteiger partial charge in [0.15, 0.2) is 11.6 Å². The van der Waals surface area contributed by atoms with E-state index in [4.69, 9.17) is 4.74 Å². The molecule has 1 aliphatic rings. The van der Waals surface area contributed by atoms with Crippen molar-refractivity contribution in [3.05, 3.63) is 28.0 Å². The van der Waals surface area contributed by atoms with Crippen LogP contribution in [0.25, 0.3) is 0 Å². The highest BCUT2D eigenvalue weighted by Gasteiger charge is 2.23. The second-order valence-electron chi connectivity index (χ2n) is 4.01. The van der Waals surface area contributed by atoms with Gasteiger partial charge in [-0.05, 0) is 46.8 Å². The van der Waals surface area contributed by atoms with Gasteiger partial charge in [0.1, 0.15) is 0 Å². The molecule has 1 saturated carbocycles. The monoisotopic (exact) mass is 302 g/mol. The van der Waals surface area contributed by atoms with Crippen molar-refractivity contribution in [1.29, 1.82) is 0 Å². The van der Waals surface area contributed by atoms with E-state index in [0.717, 1.165) is 18.9 Å². The lowest BCUT2D eigenvalue weighted by Crippen LogP contribution is -2.05. The molecule has 3 nitrogen and oxygen atoms in total. The van der Waals surface area contributed by atoms with Crippen LogP contribution in [0.1, 0.15) is 23.2 Å². The third kappa shape index (κ3) is 2.97. The highest BCUT2D eigenvalue weighted by atomic mass is 79.9. The van der Waals surface area contributed by atoms with Crippen LogP contribution in [0.5, 0.6) is 5.75 Å². The lowest BCUT2D eigenvalue weighted by molar-refractivity contribution is 0.0600.